The summed E-state index contributed by atoms with van der Waals surface area (Å²) in [6, 6.07) is 10.6. The van der Waals surface area contributed by atoms with Gasteiger partial charge in [0.1, 0.15) is 0 Å². The van der Waals surface area contributed by atoms with Gasteiger partial charge in [0.2, 0.25) is 5.75 Å². The Labute approximate surface area is 186 Å². The second kappa shape index (κ2) is 9.36. The van der Waals surface area contributed by atoms with Gasteiger partial charge in [-0.3, -0.25) is 19.3 Å². The average Bonchev–Trinajstić information content (AvgIpc) is 2.97. The number of methoxy groups -OCH3 is 2. The van der Waals surface area contributed by atoms with E-state index in [1.54, 1.807) is 18.2 Å². The van der Waals surface area contributed by atoms with Crippen LogP contribution >= 0.6 is 27.7 Å². The van der Waals surface area contributed by atoms with E-state index in [1.807, 2.05) is 24.3 Å². The lowest BCUT2D eigenvalue weighted by molar-refractivity contribution is -0.132. The van der Waals surface area contributed by atoms with Gasteiger partial charge in [0.05, 0.1) is 25.7 Å². The number of esters is 1. The number of thioether (sulfide) groups is 1. The van der Waals surface area contributed by atoms with Crippen molar-refractivity contribution in [2.24, 2.45) is 0 Å². The molecule has 156 valence electrons. The number of hydrogen-bond acceptors (Lipinski definition) is 7. The van der Waals surface area contributed by atoms with Gasteiger partial charge in [-0.05, 0) is 47.2 Å². The van der Waals surface area contributed by atoms with E-state index in [2.05, 4.69) is 15.9 Å². The van der Waals surface area contributed by atoms with Crippen LogP contribution in [0, 0.1) is 0 Å². The lowest BCUT2D eigenvalue weighted by atomic mass is 10.1. The van der Waals surface area contributed by atoms with Crippen molar-refractivity contribution in [2.45, 2.75) is 13.5 Å². The molecule has 30 heavy (non-hydrogen) atoms. The maximum Gasteiger partial charge on any atom is 0.308 e. The van der Waals surface area contributed by atoms with Crippen molar-refractivity contribution < 1.29 is 28.6 Å². The van der Waals surface area contributed by atoms with Gasteiger partial charge < -0.3 is 14.2 Å². The van der Waals surface area contributed by atoms with Crippen LogP contribution in [-0.4, -0.2) is 36.2 Å². The molecule has 9 heteroatoms. The van der Waals surface area contributed by atoms with Crippen LogP contribution in [0.15, 0.2) is 45.8 Å². The molecule has 1 fully saturated rings. The average molecular weight is 492 g/mol. The Bertz CT molecular complexity index is 1030. The smallest absolute Gasteiger partial charge is 0.308 e. The monoisotopic (exact) mass is 491 g/mol. The molecule has 2 aromatic rings. The minimum atomic E-state index is -0.521. The minimum absolute atomic E-state index is 0.145. The van der Waals surface area contributed by atoms with Crippen LogP contribution in [-0.2, 0) is 16.1 Å². The van der Waals surface area contributed by atoms with Crippen molar-refractivity contribution in [3.63, 3.8) is 0 Å². The number of benzene rings is 2. The Morgan fingerprint density at radius 1 is 1.13 bits per heavy atom. The Hall–Kier alpha value is -2.78. The molecule has 0 saturated carbocycles. The van der Waals surface area contributed by atoms with E-state index in [1.165, 1.54) is 26.0 Å². The maximum atomic E-state index is 12.8. The number of carbonyl (C=O) groups is 3. The summed E-state index contributed by atoms with van der Waals surface area (Å²) < 4.78 is 16.6. The molecule has 1 aliphatic rings. The summed E-state index contributed by atoms with van der Waals surface area (Å²) in [5, 5.41) is -0.350. The summed E-state index contributed by atoms with van der Waals surface area (Å²) in [6.45, 7) is 1.44. The van der Waals surface area contributed by atoms with Gasteiger partial charge in [0.25, 0.3) is 11.1 Å². The Kier molecular flexibility index (Phi) is 6.84. The lowest BCUT2D eigenvalue weighted by Crippen LogP contribution is -2.27. The second-order valence-corrected chi connectivity index (χ2v) is 8.05. The van der Waals surface area contributed by atoms with Crippen LogP contribution in [0.3, 0.4) is 0 Å². The van der Waals surface area contributed by atoms with E-state index in [0.29, 0.717) is 5.56 Å². The van der Waals surface area contributed by atoms with Gasteiger partial charge in [-0.1, -0.05) is 34.1 Å². The highest BCUT2D eigenvalue weighted by molar-refractivity contribution is 9.10. The van der Waals surface area contributed by atoms with Crippen molar-refractivity contribution >= 4 is 50.9 Å². The molecule has 0 N–H and O–H groups in total. The quantitative estimate of drug-likeness (QED) is 0.331. The number of hydrogen-bond donors (Lipinski definition) is 0. The van der Waals surface area contributed by atoms with Crippen LogP contribution in [0.1, 0.15) is 18.1 Å². The first kappa shape index (κ1) is 21.9. The van der Waals surface area contributed by atoms with Crippen LogP contribution < -0.4 is 14.2 Å². The zero-order valence-electron chi connectivity index (χ0n) is 16.4. The van der Waals surface area contributed by atoms with Gasteiger partial charge in [0.15, 0.2) is 11.5 Å². The Balaban J connectivity index is 1.91. The van der Waals surface area contributed by atoms with E-state index in [-0.39, 0.29) is 39.8 Å². The molecule has 0 bridgehead atoms. The standard InChI is InChI=1S/C21H18BrNO6S/c1-12(24)29-19-16(27-2)8-13(9-17(19)28-3)10-18-20(25)23(21(26)30-18)11-14-6-4-5-7-15(14)22/h4-10H,11H2,1-3H3/b18-10-. The first-order valence-corrected chi connectivity index (χ1v) is 10.4. The third-order valence-electron chi connectivity index (χ3n) is 4.19. The Morgan fingerprint density at radius 3 is 2.33 bits per heavy atom. The molecule has 7 nitrogen and oxygen atoms in total. The zero-order chi connectivity index (χ0) is 21.8. The van der Waals surface area contributed by atoms with Crippen molar-refractivity contribution in [3.8, 4) is 17.2 Å². The molecule has 0 unspecified atom stereocenters. The summed E-state index contributed by atoms with van der Waals surface area (Å²) >= 11 is 4.29. The van der Waals surface area contributed by atoms with Crippen molar-refractivity contribution in [2.75, 3.05) is 14.2 Å². The number of amides is 2. The molecule has 3 rings (SSSR count). The fourth-order valence-corrected chi connectivity index (χ4v) is 4.06. The van der Waals surface area contributed by atoms with E-state index in [9.17, 15) is 14.4 Å². The summed E-state index contributed by atoms with van der Waals surface area (Å²) in [5.41, 5.74) is 1.39. The van der Waals surface area contributed by atoms with E-state index in [0.717, 1.165) is 21.8 Å². The predicted molar refractivity (Wildman–Crippen MR) is 117 cm³/mol. The molecule has 1 heterocycles. The highest BCUT2D eigenvalue weighted by Crippen LogP contribution is 2.41. The molecule has 0 atom stereocenters. The summed E-state index contributed by atoms with van der Waals surface area (Å²) in [4.78, 5) is 38.1. The first-order chi connectivity index (χ1) is 14.3. The van der Waals surface area contributed by atoms with E-state index in [4.69, 9.17) is 14.2 Å². The third kappa shape index (κ3) is 4.68. The van der Waals surface area contributed by atoms with Crippen molar-refractivity contribution in [3.05, 3.63) is 56.9 Å². The molecule has 1 saturated heterocycles. The first-order valence-electron chi connectivity index (χ1n) is 8.77. The van der Waals surface area contributed by atoms with E-state index < -0.39 is 5.97 Å². The number of rotatable bonds is 6. The van der Waals surface area contributed by atoms with Crippen LogP contribution in [0.4, 0.5) is 4.79 Å². The SMILES string of the molecule is COc1cc(/C=C2\SC(=O)N(Cc3ccccc3Br)C2=O)cc(OC)c1OC(C)=O. The summed E-state index contributed by atoms with van der Waals surface area (Å²) in [5.74, 6) is -0.228. The predicted octanol–water partition coefficient (Wildman–Crippen LogP) is 4.63. The van der Waals surface area contributed by atoms with Gasteiger partial charge in [-0.25, -0.2) is 0 Å². The van der Waals surface area contributed by atoms with Gasteiger partial charge in [-0.2, -0.15) is 0 Å². The summed E-state index contributed by atoms with van der Waals surface area (Å²) in [7, 11) is 2.86. The van der Waals surface area contributed by atoms with Crippen molar-refractivity contribution in [1.82, 2.24) is 4.90 Å². The molecule has 2 amide bonds. The van der Waals surface area contributed by atoms with Crippen LogP contribution in [0.2, 0.25) is 0 Å². The molecule has 0 aromatic heterocycles. The molecule has 2 aromatic carbocycles. The summed E-state index contributed by atoms with van der Waals surface area (Å²) in [6.07, 6.45) is 1.58. The zero-order valence-corrected chi connectivity index (χ0v) is 18.8. The normalized spacial score (nSPS) is 14.9. The van der Waals surface area contributed by atoms with Crippen LogP contribution in [0.25, 0.3) is 6.08 Å². The van der Waals surface area contributed by atoms with Gasteiger partial charge in [0, 0.05) is 11.4 Å². The number of imide groups is 1. The largest absolute Gasteiger partial charge is 0.493 e. The fraction of sp³-hybridized carbons (Fsp3) is 0.190. The number of ether oxygens (including phenoxy) is 3. The number of carbonyl (C=O) groups excluding carboxylic acids is 3. The third-order valence-corrected chi connectivity index (χ3v) is 5.87. The highest BCUT2D eigenvalue weighted by Gasteiger charge is 2.35. The van der Waals surface area contributed by atoms with E-state index >= 15 is 0 Å². The number of halogens is 1. The van der Waals surface area contributed by atoms with Crippen molar-refractivity contribution in [1.29, 1.82) is 0 Å². The molecule has 0 aliphatic carbocycles. The highest BCUT2D eigenvalue weighted by atomic mass is 79.9. The Morgan fingerprint density at radius 2 is 1.77 bits per heavy atom. The van der Waals surface area contributed by atoms with Crippen LogP contribution in [0.5, 0.6) is 17.2 Å². The fourth-order valence-electron chi connectivity index (χ4n) is 2.81. The van der Waals surface area contributed by atoms with Gasteiger partial charge >= 0.3 is 5.97 Å². The second-order valence-electron chi connectivity index (χ2n) is 6.21. The molecule has 0 spiro atoms. The molecular weight excluding hydrogens is 474 g/mol. The minimum Gasteiger partial charge on any atom is -0.493 e. The lowest BCUT2D eigenvalue weighted by Gasteiger charge is -2.14. The maximum absolute atomic E-state index is 12.8. The topological polar surface area (TPSA) is 82.1 Å². The molecular formula is C21H18BrNO6S. The van der Waals surface area contributed by atoms with Gasteiger partial charge in [-0.15, -0.1) is 0 Å². The number of nitrogens with zero attached hydrogens (tertiary/aromatic N) is 1. The molecule has 0 radical (unpaired) electrons. The molecule has 1 aliphatic heterocycles.